The molecule has 2 heterocycles. The van der Waals surface area contributed by atoms with E-state index < -0.39 is 0 Å². The lowest BCUT2D eigenvalue weighted by molar-refractivity contribution is -0.0175. The van der Waals surface area contributed by atoms with Crippen LogP contribution in [-0.2, 0) is 24.6 Å². The van der Waals surface area contributed by atoms with Gasteiger partial charge in [-0.25, -0.2) is 9.78 Å². The van der Waals surface area contributed by atoms with Gasteiger partial charge in [0.1, 0.15) is 5.82 Å². The first kappa shape index (κ1) is 17.5. The van der Waals surface area contributed by atoms with Gasteiger partial charge in [0.05, 0.1) is 12.7 Å². The molecule has 0 saturated carbocycles. The average molecular weight is 342 g/mol. The molecule has 1 aliphatic rings. The Kier molecular flexibility index (Phi) is 6.06. The molecule has 0 unspecified atom stereocenters. The second-order valence-electron chi connectivity index (χ2n) is 6.40. The number of rotatable bonds is 6. The maximum atomic E-state index is 12.4. The molecule has 6 nitrogen and oxygen atoms in total. The van der Waals surface area contributed by atoms with Crippen molar-refractivity contribution in [3.63, 3.8) is 0 Å². The van der Waals surface area contributed by atoms with Gasteiger partial charge < -0.3 is 19.5 Å². The molecular weight excluding hydrogens is 316 g/mol. The number of nitrogens with one attached hydrogen (secondary N) is 1. The lowest BCUT2D eigenvalue weighted by Gasteiger charge is -2.33. The number of urea groups is 1. The molecule has 0 spiro atoms. The van der Waals surface area contributed by atoms with Crippen molar-refractivity contribution in [1.82, 2.24) is 19.8 Å². The van der Waals surface area contributed by atoms with Crippen molar-refractivity contribution in [3.05, 3.63) is 54.1 Å². The Hall–Kier alpha value is -2.34. The fraction of sp³-hybridized carbons (Fsp3) is 0.474. The highest BCUT2D eigenvalue weighted by Gasteiger charge is 2.23. The van der Waals surface area contributed by atoms with Gasteiger partial charge in [-0.15, -0.1) is 0 Å². The van der Waals surface area contributed by atoms with Crippen molar-refractivity contribution >= 4 is 6.03 Å². The van der Waals surface area contributed by atoms with Crippen LogP contribution in [0.4, 0.5) is 4.79 Å². The molecule has 1 aliphatic heterocycles. The summed E-state index contributed by atoms with van der Waals surface area (Å²) in [6, 6.07) is 10.4. The monoisotopic (exact) mass is 342 g/mol. The summed E-state index contributed by atoms with van der Waals surface area (Å²) in [5.41, 5.74) is 1.31. The molecule has 0 aliphatic carbocycles. The number of aromatic nitrogens is 2. The van der Waals surface area contributed by atoms with Gasteiger partial charge in [0.2, 0.25) is 0 Å². The van der Waals surface area contributed by atoms with E-state index >= 15 is 0 Å². The summed E-state index contributed by atoms with van der Waals surface area (Å²) in [4.78, 5) is 18.5. The number of hydrogen-bond acceptors (Lipinski definition) is 3. The molecule has 2 aromatic rings. The molecule has 1 fully saturated rings. The molecular formula is C19H26N4O2. The number of ether oxygens (including phenoxy) is 1. The summed E-state index contributed by atoms with van der Waals surface area (Å²) in [7, 11) is 1.96. The average Bonchev–Trinajstić information content (AvgIpc) is 3.06. The summed E-state index contributed by atoms with van der Waals surface area (Å²) in [6.07, 6.45) is 6.43. The van der Waals surface area contributed by atoms with Crippen molar-refractivity contribution in [1.29, 1.82) is 0 Å². The van der Waals surface area contributed by atoms with Gasteiger partial charge in [-0.05, 0) is 18.4 Å². The Morgan fingerprint density at radius 2 is 2.16 bits per heavy atom. The number of hydrogen-bond donors (Lipinski definition) is 1. The second-order valence-corrected chi connectivity index (χ2v) is 6.40. The largest absolute Gasteiger partial charge is 0.375 e. The fourth-order valence-electron chi connectivity index (χ4n) is 3.08. The lowest BCUT2D eigenvalue weighted by Crippen LogP contribution is -2.50. The Morgan fingerprint density at radius 3 is 2.92 bits per heavy atom. The minimum atomic E-state index is -0.0118. The molecule has 6 heteroatoms. The van der Waals surface area contributed by atoms with Crippen molar-refractivity contribution in [2.45, 2.75) is 25.4 Å². The molecule has 2 amide bonds. The fourth-order valence-corrected chi connectivity index (χ4v) is 3.08. The van der Waals surface area contributed by atoms with Gasteiger partial charge in [0.25, 0.3) is 0 Å². The van der Waals surface area contributed by atoms with Crippen molar-refractivity contribution in [2.75, 3.05) is 26.2 Å². The number of carbonyl (C=O) groups excluding carboxylic acids is 1. The third-order valence-corrected chi connectivity index (χ3v) is 4.57. The van der Waals surface area contributed by atoms with Crippen LogP contribution in [0.3, 0.4) is 0 Å². The van der Waals surface area contributed by atoms with Gasteiger partial charge in [0, 0.05) is 45.5 Å². The quantitative estimate of drug-likeness (QED) is 0.874. The summed E-state index contributed by atoms with van der Waals surface area (Å²) >= 11 is 0. The van der Waals surface area contributed by atoms with Crippen LogP contribution in [0, 0.1) is 0 Å². The smallest absolute Gasteiger partial charge is 0.317 e. The van der Waals surface area contributed by atoms with Crippen LogP contribution in [0.2, 0.25) is 0 Å². The second kappa shape index (κ2) is 8.67. The van der Waals surface area contributed by atoms with Gasteiger partial charge >= 0.3 is 6.03 Å². The van der Waals surface area contributed by atoms with Crippen LogP contribution in [0.5, 0.6) is 0 Å². The van der Waals surface area contributed by atoms with Gasteiger partial charge in [-0.3, -0.25) is 0 Å². The van der Waals surface area contributed by atoms with Crippen LogP contribution < -0.4 is 5.32 Å². The Labute approximate surface area is 148 Å². The minimum absolute atomic E-state index is 0.0118. The Bertz CT molecular complexity index is 671. The van der Waals surface area contributed by atoms with E-state index in [9.17, 15) is 4.79 Å². The molecule has 25 heavy (non-hydrogen) atoms. The Morgan fingerprint density at radius 1 is 1.32 bits per heavy atom. The van der Waals surface area contributed by atoms with Crippen LogP contribution in [0.15, 0.2) is 42.7 Å². The van der Waals surface area contributed by atoms with E-state index in [1.54, 1.807) is 6.20 Å². The van der Waals surface area contributed by atoms with E-state index in [1.807, 2.05) is 28.8 Å². The lowest BCUT2D eigenvalue weighted by atomic mass is 10.1. The van der Waals surface area contributed by atoms with E-state index in [-0.39, 0.29) is 12.1 Å². The maximum Gasteiger partial charge on any atom is 0.317 e. The minimum Gasteiger partial charge on any atom is -0.375 e. The van der Waals surface area contributed by atoms with E-state index in [0.717, 1.165) is 25.1 Å². The predicted octanol–water partition coefficient (Wildman–Crippen LogP) is 2.01. The normalized spacial score (nSPS) is 17.5. The van der Waals surface area contributed by atoms with Gasteiger partial charge in [-0.1, -0.05) is 30.3 Å². The van der Waals surface area contributed by atoms with Crippen molar-refractivity contribution in [3.8, 4) is 0 Å². The third-order valence-electron chi connectivity index (χ3n) is 4.57. The van der Waals surface area contributed by atoms with E-state index in [4.69, 9.17) is 4.74 Å². The zero-order valence-corrected chi connectivity index (χ0v) is 14.7. The molecule has 3 rings (SSSR count). The maximum absolute atomic E-state index is 12.4. The molecule has 0 radical (unpaired) electrons. The van der Waals surface area contributed by atoms with Crippen molar-refractivity contribution in [2.24, 2.45) is 7.05 Å². The van der Waals surface area contributed by atoms with Gasteiger partial charge in [0.15, 0.2) is 0 Å². The molecule has 1 aromatic carbocycles. The molecule has 0 bridgehead atoms. The van der Waals surface area contributed by atoms with E-state index in [0.29, 0.717) is 26.2 Å². The number of carbonyl (C=O) groups is 1. The first-order valence-electron chi connectivity index (χ1n) is 8.87. The molecule has 1 atom stereocenters. The number of morpholine rings is 1. The van der Waals surface area contributed by atoms with Crippen LogP contribution in [0.1, 0.15) is 17.8 Å². The van der Waals surface area contributed by atoms with E-state index in [1.165, 1.54) is 5.56 Å². The molecule has 1 aromatic heterocycles. The van der Waals surface area contributed by atoms with E-state index in [2.05, 4.69) is 34.6 Å². The number of benzene rings is 1. The SMILES string of the molecule is Cn1ccnc1CCNC(=O)N1CCO[C@H](CCc2ccccc2)C1. The van der Waals surface area contributed by atoms with Crippen molar-refractivity contribution < 1.29 is 9.53 Å². The zero-order chi connectivity index (χ0) is 17.5. The summed E-state index contributed by atoms with van der Waals surface area (Å²) in [5.74, 6) is 0.975. The topological polar surface area (TPSA) is 59.4 Å². The standard InChI is InChI=1S/C19H26N4O2/c1-22-12-11-20-18(22)9-10-21-19(24)23-13-14-25-17(15-23)8-7-16-5-3-2-4-6-16/h2-6,11-12,17H,7-10,13-15H2,1H3,(H,21,24)/t17-/m1/s1. The zero-order valence-electron chi connectivity index (χ0n) is 14.7. The Balaban J connectivity index is 1.41. The first-order chi connectivity index (χ1) is 12.2. The summed E-state index contributed by atoms with van der Waals surface area (Å²) in [5, 5.41) is 2.99. The third kappa shape index (κ3) is 5.06. The summed E-state index contributed by atoms with van der Waals surface area (Å²) < 4.78 is 7.80. The highest BCUT2D eigenvalue weighted by molar-refractivity contribution is 5.74. The van der Waals surface area contributed by atoms with Crippen LogP contribution in [0.25, 0.3) is 0 Å². The van der Waals surface area contributed by atoms with Gasteiger partial charge in [-0.2, -0.15) is 0 Å². The molecule has 1 saturated heterocycles. The number of imidazole rings is 1. The molecule has 1 N–H and O–H groups in total. The van der Waals surface area contributed by atoms with Crippen LogP contribution >= 0.6 is 0 Å². The number of amides is 2. The predicted molar refractivity (Wildman–Crippen MR) is 96.4 cm³/mol. The molecule has 134 valence electrons. The first-order valence-corrected chi connectivity index (χ1v) is 8.87. The summed E-state index contributed by atoms with van der Waals surface area (Å²) in [6.45, 7) is 2.50. The highest BCUT2D eigenvalue weighted by atomic mass is 16.5. The van der Waals surface area contributed by atoms with Crippen LogP contribution in [-0.4, -0.2) is 52.8 Å². The number of aryl methyl sites for hydroxylation is 2. The number of nitrogens with zero attached hydrogens (tertiary/aromatic N) is 3. The highest BCUT2D eigenvalue weighted by Crippen LogP contribution is 2.12.